The van der Waals surface area contributed by atoms with Crippen molar-refractivity contribution in [3.8, 4) is 11.5 Å². The topological polar surface area (TPSA) is 29.5 Å². The maximum Gasteiger partial charge on any atom is 0.143 e. The largest absolute Gasteiger partial charge is 0.457 e. The van der Waals surface area contributed by atoms with E-state index in [1.54, 1.807) is 0 Å². The smallest absolute Gasteiger partial charge is 0.143 e. The van der Waals surface area contributed by atoms with E-state index < -0.39 is 5.41 Å². The highest BCUT2D eigenvalue weighted by Crippen LogP contribution is 2.44. The minimum atomic E-state index is -0.493. The Kier molecular flexibility index (Phi) is 6.53. The van der Waals surface area contributed by atoms with Gasteiger partial charge >= 0.3 is 0 Å². The molecule has 1 atom stereocenters. The molecular weight excluding hydrogens is 382 g/mol. The van der Waals surface area contributed by atoms with Crippen LogP contribution in [0.3, 0.4) is 0 Å². The van der Waals surface area contributed by atoms with Gasteiger partial charge in [-0.1, -0.05) is 73.7 Å². The molecule has 1 aliphatic heterocycles. The van der Waals surface area contributed by atoms with E-state index in [-0.39, 0.29) is 0 Å². The number of para-hydroxylation sites is 2. The van der Waals surface area contributed by atoms with Gasteiger partial charge in [-0.05, 0) is 43.5 Å². The predicted octanol–water partition coefficient (Wildman–Crippen LogP) is 6.55. The Balaban J connectivity index is 1.61. The van der Waals surface area contributed by atoms with Crippen LogP contribution in [0, 0.1) is 0 Å². The predicted molar refractivity (Wildman–Crippen MR) is 126 cm³/mol. The van der Waals surface area contributed by atoms with E-state index in [0.717, 1.165) is 43.0 Å². The van der Waals surface area contributed by atoms with Crippen molar-refractivity contribution in [1.29, 1.82) is 0 Å². The second kappa shape index (κ2) is 9.49. The molecule has 1 unspecified atom stereocenters. The Morgan fingerprint density at radius 3 is 2.13 bits per heavy atom. The zero-order chi connectivity index (χ0) is 21.7. The molecule has 31 heavy (non-hydrogen) atoms. The van der Waals surface area contributed by atoms with Crippen molar-refractivity contribution in [3.63, 3.8) is 0 Å². The third kappa shape index (κ3) is 4.42. The number of Topliss-reactive ketones (excluding diaryl/α,β-unsaturated/α-hetero) is 1. The first-order valence-corrected chi connectivity index (χ1v) is 11.3. The molecule has 0 bridgehead atoms. The fourth-order valence-corrected chi connectivity index (χ4v) is 4.84. The van der Waals surface area contributed by atoms with Crippen molar-refractivity contribution in [3.05, 3.63) is 96.1 Å². The Hall–Kier alpha value is -2.91. The van der Waals surface area contributed by atoms with Crippen LogP contribution in [0.15, 0.2) is 84.9 Å². The number of piperidine rings is 1. The number of benzene rings is 3. The van der Waals surface area contributed by atoms with Crippen LogP contribution in [0.4, 0.5) is 0 Å². The summed E-state index contributed by atoms with van der Waals surface area (Å²) >= 11 is 0. The van der Waals surface area contributed by atoms with Gasteiger partial charge in [-0.3, -0.25) is 9.69 Å². The van der Waals surface area contributed by atoms with Gasteiger partial charge in [-0.25, -0.2) is 0 Å². The minimum Gasteiger partial charge on any atom is -0.457 e. The summed E-state index contributed by atoms with van der Waals surface area (Å²) in [6.07, 6.45) is 2.16. The van der Waals surface area contributed by atoms with Crippen molar-refractivity contribution >= 4 is 5.78 Å². The van der Waals surface area contributed by atoms with E-state index in [1.807, 2.05) is 55.5 Å². The van der Waals surface area contributed by atoms with Crippen molar-refractivity contribution in [2.45, 2.75) is 44.6 Å². The normalized spacial score (nSPS) is 17.1. The van der Waals surface area contributed by atoms with Gasteiger partial charge in [0.05, 0.1) is 5.41 Å². The number of likely N-dealkylation sites (tertiary alicyclic amines) is 1. The first kappa shape index (κ1) is 21.3. The fourth-order valence-electron chi connectivity index (χ4n) is 4.84. The quantitative estimate of drug-likeness (QED) is 0.440. The van der Waals surface area contributed by atoms with Crippen LogP contribution in [0.2, 0.25) is 0 Å². The Bertz CT molecular complexity index is 992. The summed E-state index contributed by atoms with van der Waals surface area (Å²) in [5, 5.41) is 0. The number of hydrogen-bond acceptors (Lipinski definition) is 3. The SMILES string of the molecule is CCC(=O)C1(c2ccccc2Oc2ccccc2)CCN(C(C)c2ccccc2)CC1. The van der Waals surface area contributed by atoms with Gasteiger partial charge in [-0.15, -0.1) is 0 Å². The number of ketones is 1. The molecule has 3 nitrogen and oxygen atoms in total. The van der Waals surface area contributed by atoms with Crippen molar-refractivity contribution in [1.82, 2.24) is 4.90 Å². The Morgan fingerprint density at radius 2 is 1.48 bits per heavy atom. The summed E-state index contributed by atoms with van der Waals surface area (Å²) in [6.45, 7) is 6.02. The van der Waals surface area contributed by atoms with Crippen molar-refractivity contribution in [2.75, 3.05) is 13.1 Å². The molecule has 3 aromatic carbocycles. The highest BCUT2D eigenvalue weighted by Gasteiger charge is 2.44. The molecule has 0 radical (unpaired) electrons. The van der Waals surface area contributed by atoms with E-state index >= 15 is 0 Å². The average molecular weight is 414 g/mol. The van der Waals surface area contributed by atoms with Gasteiger partial charge in [0, 0.05) is 31.1 Å². The van der Waals surface area contributed by atoms with Gasteiger partial charge < -0.3 is 4.74 Å². The monoisotopic (exact) mass is 413 g/mol. The maximum absolute atomic E-state index is 13.4. The molecule has 0 aliphatic carbocycles. The molecule has 0 amide bonds. The highest BCUT2D eigenvalue weighted by atomic mass is 16.5. The molecule has 0 saturated carbocycles. The van der Waals surface area contributed by atoms with Crippen molar-refractivity contribution in [2.24, 2.45) is 0 Å². The van der Waals surface area contributed by atoms with E-state index in [1.165, 1.54) is 5.56 Å². The van der Waals surface area contributed by atoms with Crippen LogP contribution >= 0.6 is 0 Å². The van der Waals surface area contributed by atoms with Gasteiger partial charge in [0.15, 0.2) is 0 Å². The number of rotatable bonds is 7. The van der Waals surface area contributed by atoms with E-state index in [2.05, 4.69) is 48.2 Å². The van der Waals surface area contributed by atoms with Crippen LogP contribution in [0.25, 0.3) is 0 Å². The average Bonchev–Trinajstić information content (AvgIpc) is 2.84. The molecule has 1 saturated heterocycles. The summed E-state index contributed by atoms with van der Waals surface area (Å²) in [7, 11) is 0. The number of hydrogen-bond donors (Lipinski definition) is 0. The fraction of sp³-hybridized carbons (Fsp3) is 0.321. The molecule has 1 heterocycles. The summed E-state index contributed by atoms with van der Waals surface area (Å²) < 4.78 is 6.26. The third-order valence-electron chi connectivity index (χ3n) is 6.71. The highest BCUT2D eigenvalue weighted by molar-refractivity contribution is 5.91. The zero-order valence-electron chi connectivity index (χ0n) is 18.5. The molecule has 4 rings (SSSR count). The molecule has 0 spiro atoms. The van der Waals surface area contributed by atoms with Gasteiger partial charge in [-0.2, -0.15) is 0 Å². The maximum atomic E-state index is 13.4. The lowest BCUT2D eigenvalue weighted by Gasteiger charge is -2.43. The molecule has 1 aliphatic rings. The van der Waals surface area contributed by atoms with Gasteiger partial charge in [0.1, 0.15) is 17.3 Å². The Morgan fingerprint density at radius 1 is 0.903 bits per heavy atom. The van der Waals surface area contributed by atoms with Crippen LogP contribution in [-0.4, -0.2) is 23.8 Å². The number of ether oxygens (including phenoxy) is 1. The number of carbonyl (C=O) groups is 1. The molecular formula is C28H31NO2. The molecule has 0 N–H and O–H groups in total. The molecule has 0 aromatic heterocycles. The summed E-state index contributed by atoms with van der Waals surface area (Å²) in [6, 6.07) is 28.9. The number of carbonyl (C=O) groups excluding carboxylic acids is 1. The first-order chi connectivity index (χ1) is 15.1. The lowest BCUT2D eigenvalue weighted by Crippen LogP contribution is -2.47. The Labute approximate surface area is 185 Å². The van der Waals surface area contributed by atoms with E-state index in [4.69, 9.17) is 4.74 Å². The minimum absolute atomic E-state index is 0.309. The lowest BCUT2D eigenvalue weighted by molar-refractivity contribution is -0.126. The first-order valence-electron chi connectivity index (χ1n) is 11.3. The standard InChI is InChI=1S/C28H31NO2/c1-3-27(30)28(18-20-29(21-19-28)22(2)23-12-6-4-7-13-23)25-16-10-11-17-26(25)31-24-14-8-5-9-15-24/h4-17,22H,3,18-21H2,1-2H3. The molecule has 3 heteroatoms. The van der Waals surface area contributed by atoms with Gasteiger partial charge in [0.25, 0.3) is 0 Å². The van der Waals surface area contributed by atoms with E-state index in [9.17, 15) is 4.79 Å². The number of nitrogens with zero attached hydrogens (tertiary/aromatic N) is 1. The molecule has 3 aromatic rings. The lowest BCUT2D eigenvalue weighted by atomic mass is 9.68. The van der Waals surface area contributed by atoms with Crippen LogP contribution < -0.4 is 4.74 Å². The van der Waals surface area contributed by atoms with Crippen LogP contribution in [0.1, 0.15) is 50.3 Å². The van der Waals surface area contributed by atoms with Crippen molar-refractivity contribution < 1.29 is 9.53 Å². The third-order valence-corrected chi connectivity index (χ3v) is 6.71. The summed E-state index contributed by atoms with van der Waals surface area (Å²) in [5.41, 5.74) is 1.86. The molecule has 160 valence electrons. The summed E-state index contributed by atoms with van der Waals surface area (Å²) in [4.78, 5) is 15.9. The second-order valence-electron chi connectivity index (χ2n) is 8.39. The zero-order valence-corrected chi connectivity index (χ0v) is 18.5. The van der Waals surface area contributed by atoms with Gasteiger partial charge in [0.2, 0.25) is 0 Å². The summed E-state index contributed by atoms with van der Waals surface area (Å²) in [5.74, 6) is 1.90. The molecule has 1 fully saturated rings. The second-order valence-corrected chi connectivity index (χ2v) is 8.39. The van der Waals surface area contributed by atoms with Crippen LogP contribution in [0.5, 0.6) is 11.5 Å². The van der Waals surface area contributed by atoms with Crippen LogP contribution in [-0.2, 0) is 10.2 Å². The van der Waals surface area contributed by atoms with E-state index in [0.29, 0.717) is 18.2 Å².